The highest BCUT2D eigenvalue weighted by Crippen LogP contribution is 2.37. The molecule has 2 N–H and O–H groups in total. The smallest absolute Gasteiger partial charge is 0.273 e. The normalized spacial score (nSPS) is 28.0. The van der Waals surface area contributed by atoms with Crippen LogP contribution in [-0.4, -0.2) is 34.9 Å². The van der Waals surface area contributed by atoms with E-state index in [4.69, 9.17) is 5.73 Å². The van der Waals surface area contributed by atoms with Crippen LogP contribution in [0, 0.1) is 11.8 Å². The van der Waals surface area contributed by atoms with Gasteiger partial charge in [-0.05, 0) is 36.1 Å². The highest BCUT2D eigenvalue weighted by molar-refractivity contribution is 6.05. The Kier molecular flexibility index (Phi) is 2.93. The quantitative estimate of drug-likeness (QED) is 0.870. The molecule has 1 saturated heterocycles. The number of hydrogen-bond donors (Lipinski definition) is 1. The molecular weight excluding hydrogens is 262 g/mol. The maximum absolute atomic E-state index is 12.8. The molecule has 1 aliphatic carbocycles. The zero-order valence-corrected chi connectivity index (χ0v) is 11.9. The van der Waals surface area contributed by atoms with Crippen molar-refractivity contribution in [2.24, 2.45) is 17.6 Å². The van der Waals surface area contributed by atoms with E-state index in [2.05, 4.69) is 4.98 Å². The lowest BCUT2D eigenvalue weighted by atomic mass is 9.98. The Bertz CT molecular complexity index is 694. The van der Waals surface area contributed by atoms with E-state index in [1.165, 1.54) is 0 Å². The average Bonchev–Trinajstić information content (AvgIpc) is 3.08. The summed E-state index contributed by atoms with van der Waals surface area (Å²) in [4.78, 5) is 19.1. The number of pyridine rings is 1. The number of carbonyl (C=O) groups is 1. The molecule has 108 valence electrons. The SMILES string of the molecule is NC1CCC2CN(C(=O)c3nccc4ccccc34)CC12. The molecule has 1 aromatic carbocycles. The van der Waals surface area contributed by atoms with E-state index in [9.17, 15) is 4.79 Å². The average molecular weight is 281 g/mol. The molecule has 1 amide bonds. The molecule has 1 aromatic heterocycles. The first-order valence-corrected chi connectivity index (χ1v) is 7.62. The Hall–Kier alpha value is -1.94. The van der Waals surface area contributed by atoms with Gasteiger partial charge in [-0.2, -0.15) is 0 Å². The predicted molar refractivity (Wildman–Crippen MR) is 81.8 cm³/mol. The van der Waals surface area contributed by atoms with Gasteiger partial charge >= 0.3 is 0 Å². The Balaban J connectivity index is 1.66. The minimum absolute atomic E-state index is 0.0494. The zero-order valence-electron chi connectivity index (χ0n) is 11.9. The summed E-state index contributed by atoms with van der Waals surface area (Å²) in [6.45, 7) is 1.62. The second kappa shape index (κ2) is 4.81. The maximum Gasteiger partial charge on any atom is 0.273 e. The molecule has 1 saturated carbocycles. The van der Waals surface area contributed by atoms with Gasteiger partial charge in [-0.15, -0.1) is 0 Å². The molecule has 2 heterocycles. The third kappa shape index (κ3) is 2.02. The number of nitrogens with two attached hydrogens (primary N) is 1. The monoisotopic (exact) mass is 281 g/mol. The van der Waals surface area contributed by atoms with Gasteiger partial charge in [-0.25, -0.2) is 0 Å². The molecule has 0 spiro atoms. The predicted octanol–water partition coefficient (Wildman–Crippen LogP) is 2.04. The van der Waals surface area contributed by atoms with Crippen LogP contribution in [0.15, 0.2) is 36.5 Å². The number of likely N-dealkylation sites (tertiary alicyclic amines) is 1. The number of benzene rings is 1. The minimum Gasteiger partial charge on any atom is -0.337 e. The topological polar surface area (TPSA) is 59.2 Å². The molecule has 2 aromatic rings. The van der Waals surface area contributed by atoms with E-state index in [1.807, 2.05) is 35.2 Å². The van der Waals surface area contributed by atoms with Crippen LogP contribution in [0.2, 0.25) is 0 Å². The number of carbonyl (C=O) groups excluding carboxylic acids is 1. The Morgan fingerprint density at radius 2 is 2.05 bits per heavy atom. The highest BCUT2D eigenvalue weighted by atomic mass is 16.2. The molecule has 4 heteroatoms. The second-order valence-corrected chi connectivity index (χ2v) is 6.26. The molecule has 0 radical (unpaired) electrons. The van der Waals surface area contributed by atoms with Crippen LogP contribution in [0.1, 0.15) is 23.3 Å². The fourth-order valence-corrected chi connectivity index (χ4v) is 3.91. The van der Waals surface area contributed by atoms with E-state index in [1.54, 1.807) is 6.20 Å². The third-order valence-corrected chi connectivity index (χ3v) is 5.08. The molecule has 0 bridgehead atoms. The molecule has 3 unspecified atom stereocenters. The van der Waals surface area contributed by atoms with Crippen molar-refractivity contribution in [3.05, 3.63) is 42.2 Å². The van der Waals surface area contributed by atoms with Crippen molar-refractivity contribution in [2.75, 3.05) is 13.1 Å². The summed E-state index contributed by atoms with van der Waals surface area (Å²) in [5.74, 6) is 1.11. The van der Waals surface area contributed by atoms with Gasteiger partial charge in [-0.3, -0.25) is 9.78 Å². The van der Waals surface area contributed by atoms with Crippen LogP contribution >= 0.6 is 0 Å². The van der Waals surface area contributed by atoms with Gasteiger partial charge in [0, 0.05) is 30.7 Å². The Labute approximate surface area is 124 Å². The van der Waals surface area contributed by atoms with Crippen LogP contribution in [0.3, 0.4) is 0 Å². The molecular formula is C17H19N3O. The van der Waals surface area contributed by atoms with Crippen LogP contribution in [0.5, 0.6) is 0 Å². The summed E-state index contributed by atoms with van der Waals surface area (Å²) in [6, 6.07) is 10.1. The highest BCUT2D eigenvalue weighted by Gasteiger charge is 2.42. The van der Waals surface area contributed by atoms with Gasteiger partial charge in [0.15, 0.2) is 0 Å². The van der Waals surface area contributed by atoms with Crippen molar-refractivity contribution in [3.63, 3.8) is 0 Å². The van der Waals surface area contributed by atoms with E-state index in [0.717, 1.165) is 36.7 Å². The van der Waals surface area contributed by atoms with Crippen LogP contribution in [-0.2, 0) is 0 Å². The fourth-order valence-electron chi connectivity index (χ4n) is 3.91. The molecule has 3 atom stereocenters. The van der Waals surface area contributed by atoms with E-state index >= 15 is 0 Å². The van der Waals surface area contributed by atoms with Gasteiger partial charge in [-0.1, -0.05) is 24.3 Å². The molecule has 2 aliphatic rings. The second-order valence-electron chi connectivity index (χ2n) is 6.26. The summed E-state index contributed by atoms with van der Waals surface area (Å²) in [5.41, 5.74) is 6.73. The van der Waals surface area contributed by atoms with E-state index in [0.29, 0.717) is 17.5 Å². The number of amides is 1. The first kappa shape index (κ1) is 12.8. The summed E-state index contributed by atoms with van der Waals surface area (Å²) in [6.07, 6.45) is 3.97. The first-order chi connectivity index (χ1) is 10.2. The zero-order chi connectivity index (χ0) is 14.4. The molecule has 1 aliphatic heterocycles. The standard InChI is InChI=1S/C17H19N3O/c18-15-6-5-12-9-20(10-14(12)15)17(21)16-13-4-2-1-3-11(13)7-8-19-16/h1-4,7-8,12,14-15H,5-6,9-10,18H2. The Morgan fingerprint density at radius 1 is 1.19 bits per heavy atom. The number of rotatable bonds is 1. The molecule has 21 heavy (non-hydrogen) atoms. The van der Waals surface area contributed by atoms with Gasteiger partial charge in [0.2, 0.25) is 0 Å². The fraction of sp³-hybridized carbons (Fsp3) is 0.412. The van der Waals surface area contributed by atoms with Crippen LogP contribution < -0.4 is 5.73 Å². The molecule has 2 fully saturated rings. The number of aromatic nitrogens is 1. The van der Waals surface area contributed by atoms with E-state index < -0.39 is 0 Å². The summed E-state index contributed by atoms with van der Waals surface area (Å²) < 4.78 is 0. The lowest BCUT2D eigenvalue weighted by Gasteiger charge is -2.19. The van der Waals surface area contributed by atoms with Gasteiger partial charge in [0.05, 0.1) is 0 Å². The number of nitrogens with zero attached hydrogens (tertiary/aromatic N) is 2. The molecule has 4 nitrogen and oxygen atoms in total. The van der Waals surface area contributed by atoms with Crippen molar-refractivity contribution in [3.8, 4) is 0 Å². The largest absolute Gasteiger partial charge is 0.337 e. The van der Waals surface area contributed by atoms with Crippen LogP contribution in [0.25, 0.3) is 10.8 Å². The molecule has 4 rings (SSSR count). The van der Waals surface area contributed by atoms with Gasteiger partial charge < -0.3 is 10.6 Å². The maximum atomic E-state index is 12.8. The first-order valence-electron chi connectivity index (χ1n) is 7.62. The number of hydrogen-bond acceptors (Lipinski definition) is 3. The van der Waals surface area contributed by atoms with Crippen molar-refractivity contribution < 1.29 is 4.79 Å². The van der Waals surface area contributed by atoms with Crippen molar-refractivity contribution in [1.82, 2.24) is 9.88 Å². The third-order valence-electron chi connectivity index (χ3n) is 5.08. The summed E-state index contributed by atoms with van der Waals surface area (Å²) >= 11 is 0. The minimum atomic E-state index is 0.0494. The van der Waals surface area contributed by atoms with Gasteiger partial charge in [0.25, 0.3) is 5.91 Å². The lowest BCUT2D eigenvalue weighted by Crippen LogP contribution is -2.34. The number of fused-ring (bicyclic) bond motifs is 2. The summed E-state index contributed by atoms with van der Waals surface area (Å²) in [5, 5.41) is 2.00. The van der Waals surface area contributed by atoms with E-state index in [-0.39, 0.29) is 11.9 Å². The van der Waals surface area contributed by atoms with Crippen molar-refractivity contribution in [1.29, 1.82) is 0 Å². The van der Waals surface area contributed by atoms with Crippen LogP contribution in [0.4, 0.5) is 0 Å². The lowest BCUT2D eigenvalue weighted by molar-refractivity contribution is 0.0776. The van der Waals surface area contributed by atoms with Crippen molar-refractivity contribution >= 4 is 16.7 Å². The van der Waals surface area contributed by atoms with Gasteiger partial charge in [0.1, 0.15) is 5.69 Å². The Morgan fingerprint density at radius 3 is 2.90 bits per heavy atom. The van der Waals surface area contributed by atoms with Crippen molar-refractivity contribution in [2.45, 2.75) is 18.9 Å². The summed E-state index contributed by atoms with van der Waals surface area (Å²) in [7, 11) is 0.